The third-order valence-corrected chi connectivity index (χ3v) is 6.62. The van der Waals surface area contributed by atoms with Crippen LogP contribution in [0.15, 0.2) is 35.1 Å². The number of pyridine rings is 1. The Hall–Kier alpha value is -2.47. The van der Waals surface area contributed by atoms with E-state index < -0.39 is 27.6 Å². The third kappa shape index (κ3) is 4.11. The van der Waals surface area contributed by atoms with Gasteiger partial charge in [0.15, 0.2) is 5.01 Å². The molecule has 0 aliphatic rings. The summed E-state index contributed by atoms with van der Waals surface area (Å²) in [6.45, 7) is 3.18. The van der Waals surface area contributed by atoms with Crippen molar-refractivity contribution in [3.8, 4) is 10.9 Å². The standard InChI is InChI=1S/C15H15F2N5O3S2/c1-9(2)27(23,24)22(10-4-3-5-18-6-10)8-11-7-19-15(26-11)14-21-20-13(25-14)12(16)17/h3-7,9,12H,8H2,1-2H3. The monoisotopic (exact) mass is 415 g/mol. The van der Waals surface area contributed by atoms with Crippen molar-refractivity contribution in [3.05, 3.63) is 41.5 Å². The number of thiazole rings is 1. The van der Waals surface area contributed by atoms with E-state index in [0.717, 1.165) is 11.3 Å². The van der Waals surface area contributed by atoms with Crippen molar-refractivity contribution >= 4 is 27.0 Å². The zero-order valence-corrected chi connectivity index (χ0v) is 15.9. The molecular formula is C15H15F2N5O3S2. The molecule has 0 fully saturated rings. The topological polar surface area (TPSA) is 102 Å². The van der Waals surface area contributed by atoms with Gasteiger partial charge < -0.3 is 4.42 Å². The van der Waals surface area contributed by atoms with Gasteiger partial charge in [-0.05, 0) is 26.0 Å². The Balaban J connectivity index is 1.90. The number of aromatic nitrogens is 4. The van der Waals surface area contributed by atoms with Gasteiger partial charge in [-0.2, -0.15) is 8.78 Å². The molecular weight excluding hydrogens is 400 g/mol. The van der Waals surface area contributed by atoms with E-state index in [1.165, 1.54) is 16.7 Å². The first-order valence-electron chi connectivity index (χ1n) is 7.77. The molecule has 0 aliphatic carbocycles. The van der Waals surface area contributed by atoms with E-state index in [-0.39, 0.29) is 17.4 Å². The highest BCUT2D eigenvalue weighted by Gasteiger charge is 2.27. The van der Waals surface area contributed by atoms with Crippen LogP contribution in [0.5, 0.6) is 0 Å². The lowest BCUT2D eigenvalue weighted by Crippen LogP contribution is -2.35. The Morgan fingerprint density at radius 1 is 1.26 bits per heavy atom. The predicted octanol–water partition coefficient (Wildman–Crippen LogP) is 3.27. The number of halogens is 2. The second kappa shape index (κ2) is 7.64. The second-order valence-corrected chi connectivity index (χ2v) is 9.22. The third-order valence-electron chi connectivity index (χ3n) is 3.50. The van der Waals surface area contributed by atoms with Gasteiger partial charge in [0.1, 0.15) is 0 Å². The average molecular weight is 415 g/mol. The van der Waals surface area contributed by atoms with Gasteiger partial charge in [0.2, 0.25) is 10.0 Å². The van der Waals surface area contributed by atoms with Crippen LogP contribution in [-0.4, -0.2) is 33.8 Å². The van der Waals surface area contributed by atoms with Gasteiger partial charge in [0, 0.05) is 17.3 Å². The molecule has 0 unspecified atom stereocenters. The largest absolute Gasteiger partial charge is 0.413 e. The summed E-state index contributed by atoms with van der Waals surface area (Å²) in [7, 11) is -3.63. The Morgan fingerprint density at radius 3 is 2.63 bits per heavy atom. The first-order valence-corrected chi connectivity index (χ1v) is 10.1. The van der Waals surface area contributed by atoms with Crippen molar-refractivity contribution in [3.63, 3.8) is 0 Å². The van der Waals surface area contributed by atoms with E-state index in [2.05, 4.69) is 20.2 Å². The smallest absolute Gasteiger partial charge is 0.314 e. The zero-order valence-electron chi connectivity index (χ0n) is 14.3. The molecule has 0 bridgehead atoms. The molecule has 0 aliphatic heterocycles. The number of alkyl halides is 2. The minimum absolute atomic E-state index is 0.0136. The van der Waals surface area contributed by atoms with E-state index in [1.807, 2.05) is 0 Å². The Labute approximate surface area is 158 Å². The van der Waals surface area contributed by atoms with Crippen molar-refractivity contribution in [1.29, 1.82) is 0 Å². The van der Waals surface area contributed by atoms with Crippen LogP contribution in [0.3, 0.4) is 0 Å². The molecule has 27 heavy (non-hydrogen) atoms. The van der Waals surface area contributed by atoms with E-state index in [9.17, 15) is 17.2 Å². The van der Waals surface area contributed by atoms with Gasteiger partial charge in [-0.25, -0.2) is 13.4 Å². The fourth-order valence-electron chi connectivity index (χ4n) is 2.11. The Bertz CT molecular complexity index is 1010. The molecule has 8 nitrogen and oxygen atoms in total. The van der Waals surface area contributed by atoms with Crippen molar-refractivity contribution in [2.45, 2.75) is 32.1 Å². The quantitative estimate of drug-likeness (QED) is 0.583. The summed E-state index contributed by atoms with van der Waals surface area (Å²) in [4.78, 5) is 8.62. The fraction of sp³-hybridized carbons (Fsp3) is 0.333. The molecule has 0 radical (unpaired) electrons. The maximum Gasteiger partial charge on any atom is 0.314 e. The zero-order chi connectivity index (χ0) is 19.6. The first kappa shape index (κ1) is 19.3. The van der Waals surface area contributed by atoms with E-state index in [1.54, 1.807) is 32.2 Å². The molecule has 0 spiro atoms. The van der Waals surface area contributed by atoms with Gasteiger partial charge >= 0.3 is 6.43 Å². The van der Waals surface area contributed by atoms with Crippen LogP contribution in [0, 0.1) is 0 Å². The molecule has 0 atom stereocenters. The van der Waals surface area contributed by atoms with E-state index >= 15 is 0 Å². The molecule has 3 heterocycles. The van der Waals surface area contributed by atoms with Crippen LogP contribution in [-0.2, 0) is 16.6 Å². The number of rotatable bonds is 7. The summed E-state index contributed by atoms with van der Waals surface area (Å²) in [5.41, 5.74) is 0.416. The van der Waals surface area contributed by atoms with E-state index in [0.29, 0.717) is 10.6 Å². The summed E-state index contributed by atoms with van der Waals surface area (Å²) in [5, 5.41) is 6.39. The lowest BCUT2D eigenvalue weighted by Gasteiger charge is -2.25. The summed E-state index contributed by atoms with van der Waals surface area (Å²) >= 11 is 1.08. The lowest BCUT2D eigenvalue weighted by molar-refractivity contribution is 0.116. The minimum atomic E-state index is -3.63. The van der Waals surface area contributed by atoms with Crippen LogP contribution >= 0.6 is 11.3 Å². The van der Waals surface area contributed by atoms with Crippen LogP contribution in [0.4, 0.5) is 14.5 Å². The van der Waals surface area contributed by atoms with Gasteiger partial charge in [0.25, 0.3) is 11.8 Å². The maximum atomic E-state index is 12.7. The summed E-state index contributed by atoms with van der Waals surface area (Å²) < 4.78 is 56.8. The van der Waals surface area contributed by atoms with E-state index in [4.69, 9.17) is 4.42 Å². The van der Waals surface area contributed by atoms with Crippen molar-refractivity contribution in [2.75, 3.05) is 4.31 Å². The summed E-state index contributed by atoms with van der Waals surface area (Å²) in [5.74, 6) is -0.928. The normalized spacial score (nSPS) is 12.1. The molecule has 3 rings (SSSR count). The highest BCUT2D eigenvalue weighted by Crippen LogP contribution is 2.29. The molecule has 3 aromatic rings. The van der Waals surface area contributed by atoms with Gasteiger partial charge in [0.05, 0.1) is 23.7 Å². The second-order valence-electron chi connectivity index (χ2n) is 5.69. The van der Waals surface area contributed by atoms with Crippen LogP contribution in [0.2, 0.25) is 0 Å². The van der Waals surface area contributed by atoms with Crippen LogP contribution in [0.1, 0.15) is 31.0 Å². The number of nitrogens with zero attached hydrogens (tertiary/aromatic N) is 5. The summed E-state index contributed by atoms with van der Waals surface area (Å²) in [6.07, 6.45) is 1.58. The molecule has 0 saturated carbocycles. The SMILES string of the molecule is CC(C)S(=O)(=O)N(Cc1cnc(-c2nnc(C(F)F)o2)s1)c1cccnc1. The Morgan fingerprint density at radius 2 is 2.04 bits per heavy atom. The Kier molecular flexibility index (Phi) is 5.46. The molecule has 3 aromatic heterocycles. The highest BCUT2D eigenvalue weighted by atomic mass is 32.2. The van der Waals surface area contributed by atoms with Crippen LogP contribution in [0.25, 0.3) is 10.9 Å². The minimum Gasteiger partial charge on any atom is -0.413 e. The lowest BCUT2D eigenvalue weighted by atomic mass is 10.4. The highest BCUT2D eigenvalue weighted by molar-refractivity contribution is 7.93. The van der Waals surface area contributed by atoms with Crippen molar-refractivity contribution in [2.24, 2.45) is 0 Å². The molecule has 0 amide bonds. The summed E-state index contributed by atoms with van der Waals surface area (Å²) in [6, 6.07) is 3.28. The fourth-order valence-corrected chi connectivity index (χ4v) is 4.25. The number of anilines is 1. The molecule has 12 heteroatoms. The molecule has 0 aromatic carbocycles. The maximum absolute atomic E-state index is 12.7. The van der Waals surface area contributed by atoms with Gasteiger partial charge in [-0.15, -0.1) is 21.5 Å². The predicted molar refractivity (Wildman–Crippen MR) is 94.8 cm³/mol. The molecule has 0 N–H and O–H groups in total. The molecule has 0 saturated heterocycles. The number of sulfonamides is 1. The number of hydrogen-bond acceptors (Lipinski definition) is 8. The van der Waals surface area contributed by atoms with Gasteiger partial charge in [-0.3, -0.25) is 9.29 Å². The molecule has 144 valence electrons. The first-order chi connectivity index (χ1) is 12.8. The average Bonchev–Trinajstić information content (AvgIpc) is 3.29. The number of hydrogen-bond donors (Lipinski definition) is 0. The van der Waals surface area contributed by atoms with Gasteiger partial charge in [-0.1, -0.05) is 0 Å². The van der Waals surface area contributed by atoms with Crippen molar-refractivity contribution in [1.82, 2.24) is 20.2 Å². The van der Waals surface area contributed by atoms with Crippen LogP contribution < -0.4 is 4.31 Å². The van der Waals surface area contributed by atoms with Crippen molar-refractivity contribution < 1.29 is 21.6 Å².